The maximum atomic E-state index is 12.0. The lowest BCUT2D eigenvalue weighted by Crippen LogP contribution is -2.49. The van der Waals surface area contributed by atoms with Gasteiger partial charge in [0.2, 0.25) is 10.0 Å². The highest BCUT2D eigenvalue weighted by atomic mass is 32.2. The Morgan fingerprint density at radius 2 is 2.05 bits per heavy atom. The lowest BCUT2D eigenvalue weighted by atomic mass is 10.0. The molecule has 1 fully saturated rings. The van der Waals surface area contributed by atoms with Crippen molar-refractivity contribution in [2.24, 2.45) is 5.73 Å². The van der Waals surface area contributed by atoms with Crippen LogP contribution in [0.4, 0.5) is 0 Å². The van der Waals surface area contributed by atoms with E-state index in [1.165, 1.54) is 0 Å². The zero-order chi connectivity index (χ0) is 15.7. The van der Waals surface area contributed by atoms with Crippen molar-refractivity contribution in [2.45, 2.75) is 51.1 Å². The molecular weight excluding hydrogens is 290 g/mol. The van der Waals surface area contributed by atoms with Crippen molar-refractivity contribution in [1.29, 1.82) is 0 Å². The standard InChI is InChI=1S/C14H31N3O3S/c1-3-11-21(18,19)17-9-6-13(7-10-17)16-14(12-20-2)5-4-8-15/h13-14,16H,3-12,15H2,1-2H3. The van der Waals surface area contributed by atoms with Gasteiger partial charge in [0.25, 0.3) is 0 Å². The van der Waals surface area contributed by atoms with Gasteiger partial charge in [-0.1, -0.05) is 6.92 Å². The molecule has 7 heteroatoms. The molecule has 0 amide bonds. The normalized spacial score (nSPS) is 19.8. The molecule has 0 aliphatic carbocycles. The molecule has 1 aliphatic heterocycles. The average Bonchev–Trinajstić information content (AvgIpc) is 2.45. The molecular formula is C14H31N3O3S. The molecule has 3 N–H and O–H groups in total. The van der Waals surface area contributed by atoms with Crippen LogP contribution in [0.5, 0.6) is 0 Å². The van der Waals surface area contributed by atoms with Crippen LogP contribution < -0.4 is 11.1 Å². The largest absolute Gasteiger partial charge is 0.383 e. The molecule has 0 spiro atoms. The van der Waals surface area contributed by atoms with Gasteiger partial charge in [-0.3, -0.25) is 0 Å². The van der Waals surface area contributed by atoms with Gasteiger partial charge < -0.3 is 15.8 Å². The van der Waals surface area contributed by atoms with E-state index < -0.39 is 10.0 Å². The molecule has 0 saturated carbocycles. The third kappa shape index (κ3) is 6.61. The minimum absolute atomic E-state index is 0.258. The number of rotatable bonds is 10. The zero-order valence-electron chi connectivity index (χ0n) is 13.4. The maximum absolute atomic E-state index is 12.0. The SMILES string of the molecule is CCCS(=O)(=O)N1CCC(NC(CCCN)COC)CC1. The maximum Gasteiger partial charge on any atom is 0.214 e. The van der Waals surface area contributed by atoms with E-state index in [1.807, 2.05) is 6.92 Å². The highest BCUT2D eigenvalue weighted by Gasteiger charge is 2.28. The van der Waals surface area contributed by atoms with Crippen LogP contribution in [0.25, 0.3) is 0 Å². The third-order valence-corrected chi connectivity index (χ3v) is 5.98. The van der Waals surface area contributed by atoms with E-state index in [0.29, 0.717) is 44.7 Å². The van der Waals surface area contributed by atoms with Crippen molar-refractivity contribution in [3.63, 3.8) is 0 Å². The van der Waals surface area contributed by atoms with Crippen LogP contribution in [0.15, 0.2) is 0 Å². The Hall–Kier alpha value is -0.210. The van der Waals surface area contributed by atoms with E-state index >= 15 is 0 Å². The number of nitrogens with one attached hydrogen (secondary N) is 1. The van der Waals surface area contributed by atoms with E-state index in [4.69, 9.17) is 10.5 Å². The number of ether oxygens (including phenoxy) is 1. The summed E-state index contributed by atoms with van der Waals surface area (Å²) in [5, 5.41) is 3.59. The van der Waals surface area contributed by atoms with E-state index in [0.717, 1.165) is 25.7 Å². The minimum atomic E-state index is -3.05. The predicted molar refractivity (Wildman–Crippen MR) is 85.8 cm³/mol. The number of hydrogen-bond donors (Lipinski definition) is 2. The fourth-order valence-electron chi connectivity index (χ4n) is 2.80. The molecule has 1 aliphatic rings. The topological polar surface area (TPSA) is 84.7 Å². The summed E-state index contributed by atoms with van der Waals surface area (Å²) in [6.07, 6.45) is 4.39. The molecule has 126 valence electrons. The molecule has 1 saturated heterocycles. The van der Waals surface area contributed by atoms with E-state index in [1.54, 1.807) is 11.4 Å². The van der Waals surface area contributed by atoms with E-state index in [-0.39, 0.29) is 5.75 Å². The molecule has 1 heterocycles. The van der Waals surface area contributed by atoms with Gasteiger partial charge in [0.05, 0.1) is 12.4 Å². The summed E-state index contributed by atoms with van der Waals surface area (Å²) < 4.78 is 30.9. The van der Waals surface area contributed by atoms with E-state index in [2.05, 4.69) is 5.32 Å². The first-order valence-corrected chi connectivity index (χ1v) is 9.57. The molecule has 1 rings (SSSR count). The van der Waals surface area contributed by atoms with Crippen LogP contribution in [-0.4, -0.2) is 63.9 Å². The summed E-state index contributed by atoms with van der Waals surface area (Å²) in [5.74, 6) is 0.258. The lowest BCUT2D eigenvalue weighted by Gasteiger charge is -2.34. The summed E-state index contributed by atoms with van der Waals surface area (Å²) in [6, 6.07) is 0.679. The van der Waals surface area contributed by atoms with Crippen LogP contribution in [0.3, 0.4) is 0 Å². The number of methoxy groups -OCH3 is 1. The van der Waals surface area contributed by atoms with Crippen molar-refractivity contribution in [1.82, 2.24) is 9.62 Å². The van der Waals surface area contributed by atoms with E-state index in [9.17, 15) is 8.42 Å². The molecule has 1 atom stereocenters. The summed E-state index contributed by atoms with van der Waals surface area (Å²) in [5.41, 5.74) is 5.56. The van der Waals surface area contributed by atoms with Gasteiger partial charge in [-0.05, 0) is 38.6 Å². The first kappa shape index (κ1) is 18.8. The molecule has 0 aromatic carbocycles. The minimum Gasteiger partial charge on any atom is -0.383 e. The Kier molecular flexibility index (Phi) is 8.73. The molecule has 6 nitrogen and oxygen atoms in total. The van der Waals surface area contributed by atoms with Crippen LogP contribution in [0.2, 0.25) is 0 Å². The third-order valence-electron chi connectivity index (χ3n) is 3.91. The zero-order valence-corrected chi connectivity index (χ0v) is 14.2. The molecule has 21 heavy (non-hydrogen) atoms. The van der Waals surface area contributed by atoms with Gasteiger partial charge in [0.15, 0.2) is 0 Å². The molecule has 1 unspecified atom stereocenters. The van der Waals surface area contributed by atoms with Gasteiger partial charge in [-0.15, -0.1) is 0 Å². The van der Waals surface area contributed by atoms with Gasteiger partial charge in [0, 0.05) is 32.3 Å². The monoisotopic (exact) mass is 321 g/mol. The molecule has 0 bridgehead atoms. The highest BCUT2D eigenvalue weighted by molar-refractivity contribution is 7.89. The Bertz CT molecular complexity index is 368. The van der Waals surface area contributed by atoms with Crippen molar-refractivity contribution in [3.8, 4) is 0 Å². The second-order valence-electron chi connectivity index (χ2n) is 5.74. The van der Waals surface area contributed by atoms with Gasteiger partial charge in [0.1, 0.15) is 0 Å². The first-order chi connectivity index (χ1) is 10.0. The predicted octanol–water partition coefficient (Wildman–Crippen LogP) is 0.534. The quantitative estimate of drug-likeness (QED) is 0.613. The number of hydrogen-bond acceptors (Lipinski definition) is 5. The summed E-state index contributed by atoms with van der Waals surface area (Å²) in [4.78, 5) is 0. The summed E-state index contributed by atoms with van der Waals surface area (Å²) in [7, 11) is -1.34. The van der Waals surface area contributed by atoms with Crippen molar-refractivity contribution >= 4 is 10.0 Å². The number of sulfonamides is 1. The lowest BCUT2D eigenvalue weighted by molar-refractivity contribution is 0.147. The van der Waals surface area contributed by atoms with Crippen molar-refractivity contribution < 1.29 is 13.2 Å². The van der Waals surface area contributed by atoms with Crippen molar-refractivity contribution in [2.75, 3.05) is 39.1 Å². The fraction of sp³-hybridized carbons (Fsp3) is 1.00. The number of nitrogens with two attached hydrogens (primary N) is 1. The Balaban J connectivity index is 2.41. The number of piperidine rings is 1. The summed E-state index contributed by atoms with van der Waals surface area (Å²) in [6.45, 7) is 4.51. The van der Waals surface area contributed by atoms with Crippen LogP contribution in [0, 0.1) is 0 Å². The summed E-state index contributed by atoms with van der Waals surface area (Å²) >= 11 is 0. The molecule has 0 radical (unpaired) electrons. The smallest absolute Gasteiger partial charge is 0.214 e. The second kappa shape index (κ2) is 9.74. The average molecular weight is 321 g/mol. The van der Waals surface area contributed by atoms with Gasteiger partial charge in [-0.25, -0.2) is 12.7 Å². The van der Waals surface area contributed by atoms with Crippen molar-refractivity contribution in [3.05, 3.63) is 0 Å². The second-order valence-corrected chi connectivity index (χ2v) is 7.83. The highest BCUT2D eigenvalue weighted by Crippen LogP contribution is 2.16. The van der Waals surface area contributed by atoms with Crippen LogP contribution in [-0.2, 0) is 14.8 Å². The first-order valence-electron chi connectivity index (χ1n) is 7.96. The fourth-order valence-corrected chi connectivity index (χ4v) is 4.34. The Labute approximate surface area is 129 Å². The molecule has 0 aromatic heterocycles. The van der Waals surface area contributed by atoms with Gasteiger partial charge in [-0.2, -0.15) is 0 Å². The number of nitrogens with zero attached hydrogens (tertiary/aromatic N) is 1. The Morgan fingerprint density at radius 1 is 1.38 bits per heavy atom. The Morgan fingerprint density at radius 3 is 2.57 bits per heavy atom. The van der Waals surface area contributed by atoms with Crippen LogP contribution in [0.1, 0.15) is 39.0 Å². The van der Waals surface area contributed by atoms with Gasteiger partial charge >= 0.3 is 0 Å². The van der Waals surface area contributed by atoms with Crippen LogP contribution >= 0.6 is 0 Å². The molecule has 0 aromatic rings.